The average Bonchev–Trinajstić information content (AvgIpc) is 2.88. The lowest BCUT2D eigenvalue weighted by Gasteiger charge is -2.41. The van der Waals surface area contributed by atoms with Crippen LogP contribution in [0.2, 0.25) is 0 Å². The van der Waals surface area contributed by atoms with E-state index in [4.69, 9.17) is 19.2 Å². The number of carbonyl (C=O) groups excluding carboxylic acids is 3. The maximum atomic E-state index is 14.3. The van der Waals surface area contributed by atoms with Crippen LogP contribution in [0.5, 0.6) is 5.75 Å². The second-order valence-corrected chi connectivity index (χ2v) is 9.96. The van der Waals surface area contributed by atoms with Gasteiger partial charge in [-0.1, -0.05) is 40.2 Å². The van der Waals surface area contributed by atoms with E-state index in [0.717, 1.165) is 15.6 Å². The van der Waals surface area contributed by atoms with Crippen molar-refractivity contribution in [1.29, 1.82) is 0 Å². The van der Waals surface area contributed by atoms with Crippen LogP contribution in [0, 0.1) is 11.8 Å². The zero-order valence-corrected chi connectivity index (χ0v) is 22.9. The van der Waals surface area contributed by atoms with Gasteiger partial charge in [-0.05, 0) is 62.6 Å². The standard InChI is InChI=1S/C29H30BrNO6/c1-5-36-28(33)23-16(3)31-22-15-21(18-8-7-9-20(14-18)35-4)25(29(34)37-6-2)27(32)26(22)24(23)17-10-12-19(30)13-11-17/h7-14,21,24-26H,5-6,15H2,1-4H3/t21-,24+,25-,26?/m0/s1. The van der Waals surface area contributed by atoms with Gasteiger partial charge in [-0.15, -0.1) is 0 Å². The smallest absolute Gasteiger partial charge is 0.336 e. The molecule has 7 nitrogen and oxygen atoms in total. The fourth-order valence-corrected chi connectivity index (χ4v) is 5.64. The maximum Gasteiger partial charge on any atom is 0.336 e. The van der Waals surface area contributed by atoms with Crippen molar-refractivity contribution in [3.63, 3.8) is 0 Å². The molecule has 1 heterocycles. The monoisotopic (exact) mass is 567 g/mol. The number of aliphatic imine (C=N–C) groups is 1. The molecule has 0 bridgehead atoms. The molecule has 0 N–H and O–H groups in total. The number of carbonyl (C=O) groups is 3. The normalized spacial score (nSPS) is 23.2. The van der Waals surface area contributed by atoms with Gasteiger partial charge in [0.05, 0.1) is 31.8 Å². The molecule has 4 rings (SSSR count). The van der Waals surface area contributed by atoms with Crippen LogP contribution < -0.4 is 4.74 Å². The highest BCUT2D eigenvalue weighted by molar-refractivity contribution is 9.10. The van der Waals surface area contributed by atoms with Crippen molar-refractivity contribution in [2.24, 2.45) is 16.8 Å². The van der Waals surface area contributed by atoms with Crippen LogP contribution in [-0.4, -0.2) is 43.8 Å². The summed E-state index contributed by atoms with van der Waals surface area (Å²) in [4.78, 5) is 45.5. The number of fused-ring (bicyclic) bond motifs is 1. The number of benzene rings is 2. The van der Waals surface area contributed by atoms with Gasteiger partial charge in [0.25, 0.3) is 0 Å². The first-order chi connectivity index (χ1) is 17.8. The summed E-state index contributed by atoms with van der Waals surface area (Å²) in [6.07, 6.45) is 0.369. The van der Waals surface area contributed by atoms with E-state index in [0.29, 0.717) is 29.2 Å². The van der Waals surface area contributed by atoms with Crippen LogP contribution in [-0.2, 0) is 23.9 Å². The molecule has 4 atom stereocenters. The van der Waals surface area contributed by atoms with Gasteiger partial charge in [-0.3, -0.25) is 14.6 Å². The van der Waals surface area contributed by atoms with Gasteiger partial charge >= 0.3 is 11.9 Å². The molecule has 194 valence electrons. The zero-order chi connectivity index (χ0) is 26.7. The second-order valence-electron chi connectivity index (χ2n) is 9.05. The van der Waals surface area contributed by atoms with Crippen molar-refractivity contribution in [2.75, 3.05) is 20.3 Å². The molecule has 1 saturated carbocycles. The Bertz CT molecular complexity index is 1270. The number of Topliss-reactive ketones (excluding diaryl/α,β-unsaturated/α-hetero) is 1. The molecule has 0 amide bonds. The lowest BCUT2D eigenvalue weighted by Crippen LogP contribution is -2.48. The SMILES string of the molecule is CCOC(=O)C1=C(C)N=C2C[C@@H](c3cccc(OC)c3)[C@H](C(=O)OCC)C(=O)C2[C@@H]1c1ccc(Br)cc1. The summed E-state index contributed by atoms with van der Waals surface area (Å²) in [5, 5.41) is 0. The largest absolute Gasteiger partial charge is 0.497 e. The van der Waals surface area contributed by atoms with Crippen LogP contribution in [0.3, 0.4) is 0 Å². The van der Waals surface area contributed by atoms with E-state index >= 15 is 0 Å². The number of ketones is 1. The Morgan fingerprint density at radius 3 is 2.35 bits per heavy atom. The minimum atomic E-state index is -1.05. The van der Waals surface area contributed by atoms with Gasteiger partial charge in [-0.2, -0.15) is 0 Å². The van der Waals surface area contributed by atoms with E-state index in [1.165, 1.54) is 0 Å². The van der Waals surface area contributed by atoms with E-state index < -0.39 is 35.6 Å². The summed E-state index contributed by atoms with van der Waals surface area (Å²) in [5.74, 6) is -3.69. The Labute approximate surface area is 225 Å². The first kappa shape index (κ1) is 26.8. The highest BCUT2D eigenvalue weighted by Crippen LogP contribution is 2.48. The molecule has 8 heteroatoms. The van der Waals surface area contributed by atoms with Crippen molar-refractivity contribution >= 4 is 39.4 Å². The Morgan fingerprint density at radius 2 is 1.70 bits per heavy atom. The first-order valence-electron chi connectivity index (χ1n) is 12.4. The van der Waals surface area contributed by atoms with E-state index in [2.05, 4.69) is 15.9 Å². The number of nitrogens with zero attached hydrogens (tertiary/aromatic N) is 1. The van der Waals surface area contributed by atoms with Gasteiger partial charge in [0, 0.05) is 27.7 Å². The maximum absolute atomic E-state index is 14.3. The fraction of sp³-hybridized carbons (Fsp3) is 0.379. The topological polar surface area (TPSA) is 91.3 Å². The molecule has 1 fully saturated rings. The molecular formula is C29H30BrNO6. The number of allylic oxidation sites excluding steroid dienone is 1. The van der Waals surface area contributed by atoms with Crippen molar-refractivity contribution < 1.29 is 28.6 Å². The number of hydrogen-bond acceptors (Lipinski definition) is 7. The third-order valence-corrected chi connectivity index (χ3v) is 7.46. The number of rotatable bonds is 7. The predicted molar refractivity (Wildman–Crippen MR) is 143 cm³/mol. The molecule has 1 unspecified atom stereocenters. The Kier molecular flexibility index (Phi) is 8.27. The summed E-state index contributed by atoms with van der Waals surface area (Å²) in [7, 11) is 1.57. The summed E-state index contributed by atoms with van der Waals surface area (Å²) in [5.41, 5.74) is 3.08. The van der Waals surface area contributed by atoms with E-state index in [9.17, 15) is 14.4 Å². The second kappa shape index (κ2) is 11.4. The lowest BCUT2D eigenvalue weighted by atomic mass is 9.62. The molecular weight excluding hydrogens is 538 g/mol. The Hall–Kier alpha value is -3.26. The average molecular weight is 568 g/mol. The van der Waals surface area contributed by atoms with Crippen molar-refractivity contribution in [1.82, 2.24) is 0 Å². The van der Waals surface area contributed by atoms with Crippen LogP contribution in [0.4, 0.5) is 0 Å². The van der Waals surface area contributed by atoms with Gasteiger partial charge in [0.2, 0.25) is 0 Å². The molecule has 2 aromatic rings. The summed E-state index contributed by atoms with van der Waals surface area (Å²) >= 11 is 3.46. The highest BCUT2D eigenvalue weighted by Gasteiger charge is 2.53. The molecule has 2 aliphatic rings. The zero-order valence-electron chi connectivity index (χ0n) is 21.3. The Morgan fingerprint density at radius 1 is 1.00 bits per heavy atom. The molecule has 0 radical (unpaired) electrons. The third kappa shape index (κ3) is 5.25. The van der Waals surface area contributed by atoms with Crippen LogP contribution in [0.1, 0.15) is 50.2 Å². The number of hydrogen-bond donors (Lipinski definition) is 0. The molecule has 2 aromatic carbocycles. The highest BCUT2D eigenvalue weighted by atomic mass is 79.9. The molecule has 1 aliphatic carbocycles. The number of ether oxygens (including phenoxy) is 3. The molecule has 0 aromatic heterocycles. The minimum Gasteiger partial charge on any atom is -0.497 e. The summed E-state index contributed by atoms with van der Waals surface area (Å²) in [6, 6.07) is 14.9. The van der Waals surface area contributed by atoms with Crippen molar-refractivity contribution in [3.05, 3.63) is 75.4 Å². The summed E-state index contributed by atoms with van der Waals surface area (Å²) in [6.45, 7) is 5.57. The quantitative estimate of drug-likeness (QED) is 0.329. The van der Waals surface area contributed by atoms with Crippen LogP contribution in [0.15, 0.2) is 69.3 Å². The van der Waals surface area contributed by atoms with E-state index in [-0.39, 0.29) is 19.0 Å². The minimum absolute atomic E-state index is 0.155. The van der Waals surface area contributed by atoms with Gasteiger partial charge in [-0.25, -0.2) is 4.79 Å². The van der Waals surface area contributed by atoms with Gasteiger partial charge < -0.3 is 14.2 Å². The Balaban J connectivity index is 1.89. The van der Waals surface area contributed by atoms with Crippen LogP contribution in [0.25, 0.3) is 0 Å². The van der Waals surface area contributed by atoms with Crippen molar-refractivity contribution in [3.8, 4) is 5.75 Å². The van der Waals surface area contributed by atoms with Gasteiger partial charge in [0.15, 0.2) is 5.78 Å². The number of methoxy groups -OCH3 is 1. The van der Waals surface area contributed by atoms with Gasteiger partial charge in [0.1, 0.15) is 11.7 Å². The number of halogens is 1. The first-order valence-corrected chi connectivity index (χ1v) is 13.1. The van der Waals surface area contributed by atoms with Crippen LogP contribution >= 0.6 is 15.9 Å². The number of esters is 2. The fourth-order valence-electron chi connectivity index (χ4n) is 5.37. The summed E-state index contributed by atoms with van der Waals surface area (Å²) < 4.78 is 17.0. The van der Waals surface area contributed by atoms with Crippen molar-refractivity contribution in [2.45, 2.75) is 39.0 Å². The predicted octanol–water partition coefficient (Wildman–Crippen LogP) is 5.39. The molecule has 0 spiro atoms. The molecule has 37 heavy (non-hydrogen) atoms. The molecule has 0 saturated heterocycles. The lowest BCUT2D eigenvalue weighted by molar-refractivity contribution is -0.153. The third-order valence-electron chi connectivity index (χ3n) is 6.94. The molecule has 1 aliphatic heterocycles. The van der Waals surface area contributed by atoms with E-state index in [1.807, 2.05) is 48.5 Å². The van der Waals surface area contributed by atoms with E-state index in [1.54, 1.807) is 27.9 Å².